The number of rotatable bonds is 7. The Morgan fingerprint density at radius 2 is 1.94 bits per heavy atom. The quantitative estimate of drug-likeness (QED) is 0.673. The summed E-state index contributed by atoms with van der Waals surface area (Å²) in [5, 5.41) is 3.67. The molecule has 1 rings (SSSR count). The Bertz CT molecular complexity index is 170. The van der Waals surface area contributed by atoms with E-state index in [2.05, 4.69) is 19.2 Å². The van der Waals surface area contributed by atoms with Gasteiger partial charge >= 0.3 is 0 Å². The molecule has 0 aliphatic heterocycles. The minimum absolute atomic E-state index is 0.457. The molecule has 0 aromatic carbocycles. The lowest BCUT2D eigenvalue weighted by atomic mass is 9.92. The van der Waals surface area contributed by atoms with Crippen LogP contribution in [-0.2, 0) is 4.74 Å². The van der Waals surface area contributed by atoms with Crippen molar-refractivity contribution in [1.82, 2.24) is 5.32 Å². The van der Waals surface area contributed by atoms with Gasteiger partial charge in [0.2, 0.25) is 0 Å². The fourth-order valence-corrected chi connectivity index (χ4v) is 2.58. The largest absolute Gasteiger partial charge is 0.380 e. The summed E-state index contributed by atoms with van der Waals surface area (Å²) in [6.45, 7) is 5.77. The van der Waals surface area contributed by atoms with E-state index in [4.69, 9.17) is 4.74 Å². The third-order valence-corrected chi connectivity index (χ3v) is 3.62. The van der Waals surface area contributed by atoms with Gasteiger partial charge in [0.05, 0.1) is 6.10 Å². The van der Waals surface area contributed by atoms with Crippen LogP contribution in [0.5, 0.6) is 0 Å². The molecular formula is C14H29NO. The first-order valence-electron chi connectivity index (χ1n) is 7.00. The normalized spacial score (nSPS) is 26.2. The average molecular weight is 227 g/mol. The molecule has 16 heavy (non-hydrogen) atoms. The molecule has 0 bridgehead atoms. The van der Waals surface area contributed by atoms with Crippen molar-refractivity contribution in [3.63, 3.8) is 0 Å². The molecule has 0 aromatic rings. The van der Waals surface area contributed by atoms with Gasteiger partial charge in [-0.3, -0.25) is 0 Å². The summed E-state index contributed by atoms with van der Waals surface area (Å²) < 4.78 is 5.54. The topological polar surface area (TPSA) is 21.3 Å². The SMILES string of the molecule is COC1CCCCC1NCCCCC(C)C. The van der Waals surface area contributed by atoms with Gasteiger partial charge in [0.15, 0.2) is 0 Å². The molecule has 0 heterocycles. The molecule has 2 heteroatoms. The molecule has 1 saturated carbocycles. The summed E-state index contributed by atoms with van der Waals surface area (Å²) in [6, 6.07) is 0.609. The fraction of sp³-hybridized carbons (Fsp3) is 1.00. The van der Waals surface area contributed by atoms with E-state index >= 15 is 0 Å². The number of hydrogen-bond acceptors (Lipinski definition) is 2. The molecule has 2 atom stereocenters. The van der Waals surface area contributed by atoms with Gasteiger partial charge in [0.1, 0.15) is 0 Å². The summed E-state index contributed by atoms with van der Waals surface area (Å²) >= 11 is 0. The van der Waals surface area contributed by atoms with Crippen molar-refractivity contribution >= 4 is 0 Å². The van der Waals surface area contributed by atoms with Crippen molar-refractivity contribution in [3.05, 3.63) is 0 Å². The second-order valence-corrected chi connectivity index (χ2v) is 5.51. The zero-order valence-electron chi connectivity index (χ0n) is 11.3. The fourth-order valence-electron chi connectivity index (χ4n) is 2.58. The van der Waals surface area contributed by atoms with E-state index in [9.17, 15) is 0 Å². The van der Waals surface area contributed by atoms with Crippen LogP contribution in [0.4, 0.5) is 0 Å². The highest BCUT2D eigenvalue weighted by molar-refractivity contribution is 4.81. The highest BCUT2D eigenvalue weighted by Crippen LogP contribution is 2.20. The maximum absolute atomic E-state index is 5.54. The standard InChI is InChI=1S/C14H29NO/c1-12(2)8-6-7-11-15-13-9-4-5-10-14(13)16-3/h12-15H,4-11H2,1-3H3. The molecule has 1 fully saturated rings. The van der Waals surface area contributed by atoms with Crippen LogP contribution >= 0.6 is 0 Å². The van der Waals surface area contributed by atoms with Gasteiger partial charge in [-0.2, -0.15) is 0 Å². The first-order valence-corrected chi connectivity index (χ1v) is 7.00. The lowest BCUT2D eigenvalue weighted by molar-refractivity contribution is 0.0418. The maximum Gasteiger partial charge on any atom is 0.0724 e. The Labute approximate surface area is 101 Å². The molecular weight excluding hydrogens is 198 g/mol. The number of methoxy groups -OCH3 is 1. The van der Waals surface area contributed by atoms with Crippen LogP contribution in [0.2, 0.25) is 0 Å². The van der Waals surface area contributed by atoms with E-state index in [1.165, 1.54) is 44.9 Å². The lowest BCUT2D eigenvalue weighted by Gasteiger charge is -2.31. The Morgan fingerprint density at radius 3 is 2.62 bits per heavy atom. The van der Waals surface area contributed by atoms with E-state index in [1.807, 2.05) is 7.11 Å². The predicted molar refractivity (Wildman–Crippen MR) is 69.7 cm³/mol. The van der Waals surface area contributed by atoms with E-state index in [-0.39, 0.29) is 0 Å². The van der Waals surface area contributed by atoms with Crippen molar-refractivity contribution in [2.75, 3.05) is 13.7 Å². The molecule has 1 aliphatic carbocycles. The minimum atomic E-state index is 0.457. The van der Waals surface area contributed by atoms with Crippen molar-refractivity contribution in [2.24, 2.45) is 5.92 Å². The molecule has 1 aliphatic rings. The summed E-state index contributed by atoms with van der Waals surface area (Å²) in [4.78, 5) is 0. The number of unbranched alkanes of at least 4 members (excludes halogenated alkanes) is 1. The highest BCUT2D eigenvalue weighted by Gasteiger charge is 2.23. The number of hydrogen-bond donors (Lipinski definition) is 1. The van der Waals surface area contributed by atoms with E-state index in [0.717, 1.165) is 12.5 Å². The summed E-state index contributed by atoms with van der Waals surface area (Å²) in [6.07, 6.45) is 9.72. The molecule has 0 saturated heterocycles. The van der Waals surface area contributed by atoms with Gasteiger partial charge < -0.3 is 10.1 Å². The molecule has 2 nitrogen and oxygen atoms in total. The van der Waals surface area contributed by atoms with Crippen molar-refractivity contribution in [1.29, 1.82) is 0 Å². The van der Waals surface area contributed by atoms with Crippen molar-refractivity contribution in [3.8, 4) is 0 Å². The first-order chi connectivity index (χ1) is 7.74. The predicted octanol–water partition coefficient (Wildman–Crippen LogP) is 3.36. The van der Waals surface area contributed by atoms with Crippen molar-refractivity contribution in [2.45, 2.75) is 70.9 Å². The van der Waals surface area contributed by atoms with Crippen LogP contribution in [0, 0.1) is 5.92 Å². The van der Waals surface area contributed by atoms with E-state index in [1.54, 1.807) is 0 Å². The lowest BCUT2D eigenvalue weighted by Crippen LogP contribution is -2.43. The smallest absolute Gasteiger partial charge is 0.0724 e. The van der Waals surface area contributed by atoms with Crippen LogP contribution in [-0.4, -0.2) is 25.8 Å². The van der Waals surface area contributed by atoms with Gasteiger partial charge in [0, 0.05) is 13.2 Å². The third kappa shape index (κ3) is 5.31. The molecule has 2 unspecified atom stereocenters. The van der Waals surface area contributed by atoms with E-state index in [0.29, 0.717) is 12.1 Å². The van der Waals surface area contributed by atoms with Gasteiger partial charge in [0.25, 0.3) is 0 Å². The summed E-state index contributed by atoms with van der Waals surface area (Å²) in [5.74, 6) is 0.849. The Hall–Kier alpha value is -0.0800. The Kier molecular flexibility index (Phi) is 7.06. The molecule has 1 N–H and O–H groups in total. The molecule has 0 amide bonds. The monoisotopic (exact) mass is 227 g/mol. The van der Waals surface area contributed by atoms with Crippen molar-refractivity contribution < 1.29 is 4.74 Å². The molecule has 0 radical (unpaired) electrons. The number of ether oxygens (including phenoxy) is 1. The second-order valence-electron chi connectivity index (χ2n) is 5.51. The zero-order chi connectivity index (χ0) is 11.8. The average Bonchev–Trinajstić information content (AvgIpc) is 2.29. The second kappa shape index (κ2) is 8.08. The summed E-state index contributed by atoms with van der Waals surface area (Å²) in [5.41, 5.74) is 0. The maximum atomic E-state index is 5.54. The van der Waals surface area contributed by atoms with Crippen LogP contribution in [0.25, 0.3) is 0 Å². The molecule has 0 spiro atoms. The van der Waals surface area contributed by atoms with Crippen LogP contribution in [0.15, 0.2) is 0 Å². The Balaban J connectivity index is 2.06. The van der Waals surface area contributed by atoms with Crippen LogP contribution in [0.1, 0.15) is 58.8 Å². The highest BCUT2D eigenvalue weighted by atomic mass is 16.5. The minimum Gasteiger partial charge on any atom is -0.380 e. The molecule has 96 valence electrons. The third-order valence-electron chi connectivity index (χ3n) is 3.62. The van der Waals surface area contributed by atoms with Crippen LogP contribution < -0.4 is 5.32 Å². The van der Waals surface area contributed by atoms with Gasteiger partial charge in [-0.15, -0.1) is 0 Å². The van der Waals surface area contributed by atoms with Gasteiger partial charge in [-0.25, -0.2) is 0 Å². The number of nitrogens with one attached hydrogen (secondary N) is 1. The van der Waals surface area contributed by atoms with E-state index < -0.39 is 0 Å². The molecule has 0 aromatic heterocycles. The van der Waals surface area contributed by atoms with Gasteiger partial charge in [-0.1, -0.05) is 39.5 Å². The summed E-state index contributed by atoms with van der Waals surface area (Å²) in [7, 11) is 1.85. The van der Waals surface area contributed by atoms with Gasteiger partial charge in [-0.05, 0) is 31.7 Å². The zero-order valence-corrected chi connectivity index (χ0v) is 11.3. The Morgan fingerprint density at radius 1 is 1.19 bits per heavy atom. The van der Waals surface area contributed by atoms with Crippen LogP contribution in [0.3, 0.4) is 0 Å². The first kappa shape index (κ1) is 14.0.